The summed E-state index contributed by atoms with van der Waals surface area (Å²) in [7, 11) is 1.61. The third kappa shape index (κ3) is 4.40. The molecule has 32 heavy (non-hydrogen) atoms. The average Bonchev–Trinajstić information content (AvgIpc) is 2.84. The van der Waals surface area contributed by atoms with Crippen LogP contribution in [0.3, 0.4) is 0 Å². The van der Waals surface area contributed by atoms with E-state index in [2.05, 4.69) is 10.2 Å². The number of amides is 2. The summed E-state index contributed by atoms with van der Waals surface area (Å²) in [5, 5.41) is 2.74. The van der Waals surface area contributed by atoms with Crippen LogP contribution in [-0.4, -0.2) is 67.6 Å². The fourth-order valence-electron chi connectivity index (χ4n) is 4.90. The Kier molecular flexibility index (Phi) is 6.86. The highest BCUT2D eigenvalue weighted by Gasteiger charge is 2.47. The third-order valence-electron chi connectivity index (χ3n) is 6.70. The molecule has 0 saturated carbocycles. The Balaban J connectivity index is 1.59. The molecule has 0 aromatic heterocycles. The lowest BCUT2D eigenvalue weighted by molar-refractivity contribution is -0.146. The molecule has 0 spiro atoms. The van der Waals surface area contributed by atoms with Crippen molar-refractivity contribution in [2.45, 2.75) is 30.8 Å². The molecule has 2 aromatic carbocycles. The molecule has 7 heteroatoms. The highest BCUT2D eigenvalue weighted by Crippen LogP contribution is 2.38. The quantitative estimate of drug-likeness (QED) is 0.777. The molecule has 2 aliphatic rings. The summed E-state index contributed by atoms with van der Waals surface area (Å²) >= 11 is 0. The Morgan fingerprint density at radius 3 is 2.44 bits per heavy atom. The van der Waals surface area contributed by atoms with Crippen LogP contribution in [0.5, 0.6) is 0 Å². The van der Waals surface area contributed by atoms with Gasteiger partial charge in [-0.05, 0) is 24.5 Å². The van der Waals surface area contributed by atoms with E-state index in [9.17, 15) is 14.0 Å². The van der Waals surface area contributed by atoms with Gasteiger partial charge in [-0.25, -0.2) is 4.39 Å². The van der Waals surface area contributed by atoms with E-state index in [1.165, 1.54) is 6.07 Å². The first-order chi connectivity index (χ1) is 15.5. The van der Waals surface area contributed by atoms with Gasteiger partial charge >= 0.3 is 0 Å². The standard InChI is InChI=1S/C25H30FN3O3/c1-27-23(30)22-18-29(14-13-28(22)17-19-7-3-2-4-8-19)24(31)25(11-15-32-16-12-25)20-9-5-6-10-21(20)26/h2-10,22H,11-18H2,1H3,(H,27,30). The Morgan fingerprint density at radius 1 is 1.06 bits per heavy atom. The Labute approximate surface area is 188 Å². The van der Waals surface area contributed by atoms with Crippen LogP contribution in [-0.2, 0) is 26.3 Å². The minimum absolute atomic E-state index is 0.112. The molecule has 1 unspecified atom stereocenters. The Bertz CT molecular complexity index is 946. The molecule has 2 aliphatic heterocycles. The van der Waals surface area contributed by atoms with E-state index in [0.717, 1.165) is 5.56 Å². The number of rotatable bonds is 5. The maximum absolute atomic E-state index is 14.8. The van der Waals surface area contributed by atoms with Crippen molar-refractivity contribution in [2.75, 3.05) is 39.9 Å². The van der Waals surface area contributed by atoms with Gasteiger partial charge in [0.1, 0.15) is 11.9 Å². The molecule has 1 atom stereocenters. The molecule has 2 saturated heterocycles. The molecule has 0 aliphatic carbocycles. The molecule has 1 N–H and O–H groups in total. The zero-order valence-electron chi connectivity index (χ0n) is 18.4. The van der Waals surface area contributed by atoms with Gasteiger partial charge in [0.2, 0.25) is 11.8 Å². The fourth-order valence-corrected chi connectivity index (χ4v) is 4.90. The lowest BCUT2D eigenvalue weighted by Gasteiger charge is -2.45. The second-order valence-electron chi connectivity index (χ2n) is 8.51. The molecule has 0 bridgehead atoms. The van der Waals surface area contributed by atoms with Crippen molar-refractivity contribution in [1.82, 2.24) is 15.1 Å². The van der Waals surface area contributed by atoms with E-state index in [0.29, 0.717) is 51.3 Å². The van der Waals surface area contributed by atoms with Crippen LogP contribution in [0.4, 0.5) is 4.39 Å². The number of nitrogens with one attached hydrogen (secondary N) is 1. The first-order valence-corrected chi connectivity index (χ1v) is 11.2. The molecule has 2 aromatic rings. The minimum Gasteiger partial charge on any atom is -0.381 e. The van der Waals surface area contributed by atoms with Crippen LogP contribution in [0.15, 0.2) is 54.6 Å². The number of hydrogen-bond donors (Lipinski definition) is 1. The number of benzene rings is 2. The molecule has 170 valence electrons. The Morgan fingerprint density at radius 2 is 1.75 bits per heavy atom. The second kappa shape index (κ2) is 9.79. The van der Waals surface area contributed by atoms with Gasteiger partial charge in [0.25, 0.3) is 0 Å². The first kappa shape index (κ1) is 22.4. The van der Waals surface area contributed by atoms with Crippen molar-refractivity contribution in [3.8, 4) is 0 Å². The highest BCUT2D eigenvalue weighted by atomic mass is 19.1. The summed E-state index contributed by atoms with van der Waals surface area (Å²) in [6, 6.07) is 16.1. The molecule has 0 radical (unpaired) electrons. The maximum Gasteiger partial charge on any atom is 0.238 e. The van der Waals surface area contributed by atoms with Crippen LogP contribution < -0.4 is 5.32 Å². The monoisotopic (exact) mass is 439 g/mol. The zero-order chi connectivity index (χ0) is 22.6. The van der Waals surface area contributed by atoms with Crippen molar-refractivity contribution in [3.05, 3.63) is 71.5 Å². The fraction of sp³-hybridized carbons (Fsp3) is 0.440. The van der Waals surface area contributed by atoms with Crippen molar-refractivity contribution >= 4 is 11.8 Å². The molecule has 2 fully saturated rings. The predicted molar refractivity (Wildman–Crippen MR) is 119 cm³/mol. The summed E-state index contributed by atoms with van der Waals surface area (Å²) in [5.74, 6) is -0.599. The number of nitrogens with zero attached hydrogens (tertiary/aromatic N) is 2. The van der Waals surface area contributed by atoms with E-state index in [4.69, 9.17) is 4.74 Å². The van der Waals surface area contributed by atoms with Gasteiger partial charge in [0.15, 0.2) is 0 Å². The summed E-state index contributed by atoms with van der Waals surface area (Å²) in [6.07, 6.45) is 0.864. The van der Waals surface area contributed by atoms with Crippen LogP contribution in [0, 0.1) is 5.82 Å². The van der Waals surface area contributed by atoms with E-state index in [1.807, 2.05) is 30.3 Å². The summed E-state index contributed by atoms with van der Waals surface area (Å²) in [6.45, 7) is 2.80. The van der Waals surface area contributed by atoms with Crippen molar-refractivity contribution in [2.24, 2.45) is 0 Å². The van der Waals surface area contributed by atoms with Crippen molar-refractivity contribution in [1.29, 1.82) is 0 Å². The summed E-state index contributed by atoms with van der Waals surface area (Å²) in [4.78, 5) is 30.5. The van der Waals surface area contributed by atoms with E-state index in [1.54, 1.807) is 30.1 Å². The lowest BCUT2D eigenvalue weighted by atomic mass is 9.72. The predicted octanol–water partition coefficient (Wildman–Crippen LogP) is 2.33. The maximum atomic E-state index is 14.8. The number of halogens is 1. The SMILES string of the molecule is CNC(=O)C1CN(C(=O)C2(c3ccccc3F)CCOCC2)CCN1Cc1ccccc1. The van der Waals surface area contributed by atoms with Gasteiger partial charge < -0.3 is 15.0 Å². The van der Waals surface area contributed by atoms with Crippen LogP contribution >= 0.6 is 0 Å². The van der Waals surface area contributed by atoms with Crippen molar-refractivity contribution < 1.29 is 18.7 Å². The largest absolute Gasteiger partial charge is 0.381 e. The lowest BCUT2D eigenvalue weighted by Crippen LogP contribution is -2.62. The van der Waals surface area contributed by atoms with Gasteiger partial charge in [-0.15, -0.1) is 0 Å². The van der Waals surface area contributed by atoms with Gasteiger partial charge in [-0.3, -0.25) is 14.5 Å². The van der Waals surface area contributed by atoms with E-state index >= 15 is 0 Å². The highest BCUT2D eigenvalue weighted by molar-refractivity contribution is 5.90. The number of carbonyl (C=O) groups is 2. The summed E-state index contributed by atoms with van der Waals surface area (Å²) in [5.41, 5.74) is 0.586. The van der Waals surface area contributed by atoms with Crippen LogP contribution in [0.1, 0.15) is 24.0 Å². The van der Waals surface area contributed by atoms with Crippen LogP contribution in [0.25, 0.3) is 0 Å². The summed E-state index contributed by atoms with van der Waals surface area (Å²) < 4.78 is 20.3. The van der Waals surface area contributed by atoms with Crippen LogP contribution in [0.2, 0.25) is 0 Å². The minimum atomic E-state index is -0.960. The normalized spacial score (nSPS) is 21.2. The van der Waals surface area contributed by atoms with Gasteiger partial charge in [0, 0.05) is 52.0 Å². The number of ether oxygens (including phenoxy) is 1. The molecule has 2 heterocycles. The topological polar surface area (TPSA) is 61.9 Å². The van der Waals surface area contributed by atoms with E-state index < -0.39 is 11.5 Å². The molecule has 2 amide bonds. The van der Waals surface area contributed by atoms with Gasteiger partial charge in [0.05, 0.1) is 5.41 Å². The third-order valence-corrected chi connectivity index (χ3v) is 6.70. The molecular formula is C25H30FN3O3. The Hall–Kier alpha value is -2.77. The van der Waals surface area contributed by atoms with Gasteiger partial charge in [-0.1, -0.05) is 48.5 Å². The second-order valence-corrected chi connectivity index (χ2v) is 8.51. The zero-order valence-corrected chi connectivity index (χ0v) is 18.4. The average molecular weight is 440 g/mol. The molecule has 4 rings (SSSR count). The molecular weight excluding hydrogens is 409 g/mol. The number of likely N-dealkylation sites (N-methyl/N-ethyl adjacent to an activating group) is 1. The number of carbonyl (C=O) groups excluding carboxylic acids is 2. The smallest absolute Gasteiger partial charge is 0.238 e. The number of piperazine rings is 1. The van der Waals surface area contributed by atoms with Crippen molar-refractivity contribution in [3.63, 3.8) is 0 Å². The first-order valence-electron chi connectivity index (χ1n) is 11.2. The van der Waals surface area contributed by atoms with E-state index in [-0.39, 0.29) is 24.2 Å². The molecule has 6 nitrogen and oxygen atoms in total. The number of hydrogen-bond acceptors (Lipinski definition) is 4. The van der Waals surface area contributed by atoms with Gasteiger partial charge in [-0.2, -0.15) is 0 Å².